The molecule has 1 aliphatic heterocycles. The molecule has 1 aliphatic rings. The number of nitrogens with zero attached hydrogens (tertiary/aromatic N) is 2. The molecule has 108 valence electrons. The van der Waals surface area contributed by atoms with Crippen LogP contribution >= 0.6 is 12.4 Å². The lowest BCUT2D eigenvalue weighted by atomic mass is 10.2. The molecule has 2 unspecified atom stereocenters. The minimum absolute atomic E-state index is 0. The van der Waals surface area contributed by atoms with Crippen LogP contribution in [0.1, 0.15) is 13.8 Å². The molecule has 0 aliphatic carbocycles. The second kappa shape index (κ2) is 6.13. The van der Waals surface area contributed by atoms with Crippen molar-refractivity contribution >= 4 is 22.4 Å². The number of hydrogen-bond donors (Lipinski definition) is 1. The number of halogens is 2. The summed E-state index contributed by atoms with van der Waals surface area (Å²) >= 11 is 0. The normalized spacial score (nSPS) is 24.8. The number of hydrogen-bond acceptors (Lipinski definition) is 4. The average Bonchev–Trinajstić information content (AvgIpc) is 2.32. The highest BCUT2D eigenvalue weighted by molar-refractivity contribution is 7.89. The molecule has 1 fully saturated rings. The molecule has 2 heterocycles. The van der Waals surface area contributed by atoms with Crippen molar-refractivity contribution in [3.8, 4) is 0 Å². The van der Waals surface area contributed by atoms with Gasteiger partial charge in [0.25, 0.3) is 0 Å². The first-order valence-corrected chi connectivity index (χ1v) is 7.21. The fraction of sp³-hybridized carbons (Fsp3) is 0.545. The van der Waals surface area contributed by atoms with Gasteiger partial charge in [0, 0.05) is 31.4 Å². The van der Waals surface area contributed by atoms with Crippen LogP contribution in [0, 0.1) is 5.82 Å². The zero-order valence-electron chi connectivity index (χ0n) is 10.7. The average molecular weight is 310 g/mol. The summed E-state index contributed by atoms with van der Waals surface area (Å²) in [5.41, 5.74) is 0. The molecule has 8 heteroatoms. The maximum absolute atomic E-state index is 13.1. The molecule has 5 nitrogen and oxygen atoms in total. The molecule has 0 saturated carbocycles. The molecule has 2 atom stereocenters. The molecule has 0 amide bonds. The van der Waals surface area contributed by atoms with Crippen molar-refractivity contribution < 1.29 is 12.8 Å². The lowest BCUT2D eigenvalue weighted by molar-refractivity contribution is 0.244. The van der Waals surface area contributed by atoms with Crippen LogP contribution in [0.15, 0.2) is 23.4 Å². The van der Waals surface area contributed by atoms with E-state index in [-0.39, 0.29) is 29.4 Å². The minimum Gasteiger partial charge on any atom is -0.311 e. The van der Waals surface area contributed by atoms with Gasteiger partial charge in [-0.25, -0.2) is 12.8 Å². The van der Waals surface area contributed by atoms with Crippen LogP contribution in [0.4, 0.5) is 4.39 Å². The maximum atomic E-state index is 13.1. The first-order chi connectivity index (χ1) is 8.41. The van der Waals surface area contributed by atoms with Gasteiger partial charge in [-0.3, -0.25) is 4.98 Å². The highest BCUT2D eigenvalue weighted by Crippen LogP contribution is 2.20. The SMILES string of the molecule is CC1CN(S(=O)(=O)c2cncc(F)c2)C(C)CN1.Cl. The van der Waals surface area contributed by atoms with E-state index in [2.05, 4.69) is 10.3 Å². The third-order valence-electron chi connectivity index (χ3n) is 2.99. The fourth-order valence-corrected chi connectivity index (χ4v) is 3.69. The van der Waals surface area contributed by atoms with Crippen molar-refractivity contribution in [1.82, 2.24) is 14.6 Å². The summed E-state index contributed by atoms with van der Waals surface area (Å²) in [4.78, 5) is 3.50. The van der Waals surface area contributed by atoms with E-state index in [0.717, 1.165) is 12.3 Å². The Balaban J connectivity index is 0.00000180. The van der Waals surface area contributed by atoms with Gasteiger partial charge in [0.2, 0.25) is 10.0 Å². The van der Waals surface area contributed by atoms with Gasteiger partial charge in [-0.2, -0.15) is 4.31 Å². The van der Waals surface area contributed by atoms with E-state index < -0.39 is 15.8 Å². The van der Waals surface area contributed by atoms with Crippen molar-refractivity contribution in [2.75, 3.05) is 13.1 Å². The van der Waals surface area contributed by atoms with Gasteiger partial charge in [-0.1, -0.05) is 0 Å². The molecule has 1 aromatic rings. The maximum Gasteiger partial charge on any atom is 0.245 e. The van der Waals surface area contributed by atoms with Crippen LogP contribution in [-0.4, -0.2) is 42.9 Å². The van der Waals surface area contributed by atoms with Gasteiger partial charge in [-0.15, -0.1) is 12.4 Å². The topological polar surface area (TPSA) is 62.3 Å². The predicted molar refractivity (Wildman–Crippen MR) is 72.3 cm³/mol. The number of rotatable bonds is 2. The lowest BCUT2D eigenvalue weighted by Crippen LogP contribution is -2.56. The third-order valence-corrected chi connectivity index (χ3v) is 4.94. The largest absolute Gasteiger partial charge is 0.311 e. The predicted octanol–water partition coefficient (Wildman–Crippen LogP) is 1.01. The van der Waals surface area contributed by atoms with Crippen molar-refractivity contribution in [3.05, 3.63) is 24.3 Å². The molecule has 0 radical (unpaired) electrons. The second-order valence-corrected chi connectivity index (χ2v) is 6.46. The number of aromatic nitrogens is 1. The van der Waals surface area contributed by atoms with E-state index >= 15 is 0 Å². The van der Waals surface area contributed by atoms with E-state index in [4.69, 9.17) is 0 Å². The molecule has 1 aromatic heterocycles. The monoisotopic (exact) mass is 309 g/mol. The van der Waals surface area contributed by atoms with Crippen molar-refractivity contribution in [2.24, 2.45) is 0 Å². The molecule has 0 spiro atoms. The number of sulfonamides is 1. The summed E-state index contributed by atoms with van der Waals surface area (Å²) in [6.07, 6.45) is 2.17. The first kappa shape index (κ1) is 16.3. The Hall–Kier alpha value is -0.760. The van der Waals surface area contributed by atoms with Crippen LogP contribution in [0.5, 0.6) is 0 Å². The highest BCUT2D eigenvalue weighted by Gasteiger charge is 2.33. The van der Waals surface area contributed by atoms with Crippen molar-refractivity contribution in [1.29, 1.82) is 0 Å². The van der Waals surface area contributed by atoms with Crippen molar-refractivity contribution in [3.63, 3.8) is 0 Å². The van der Waals surface area contributed by atoms with Crippen molar-refractivity contribution in [2.45, 2.75) is 30.8 Å². The van der Waals surface area contributed by atoms with Gasteiger partial charge in [0.05, 0.1) is 6.20 Å². The summed E-state index contributed by atoms with van der Waals surface area (Å²) in [6.45, 7) is 4.70. The summed E-state index contributed by atoms with van der Waals surface area (Å²) in [7, 11) is -3.68. The molecule has 0 bridgehead atoms. The Morgan fingerprint density at radius 3 is 2.74 bits per heavy atom. The lowest BCUT2D eigenvalue weighted by Gasteiger charge is -2.36. The molecule has 1 saturated heterocycles. The first-order valence-electron chi connectivity index (χ1n) is 5.77. The Bertz CT molecular complexity index is 540. The van der Waals surface area contributed by atoms with E-state index in [0.29, 0.717) is 13.1 Å². The number of pyridine rings is 1. The number of piperazine rings is 1. The quantitative estimate of drug-likeness (QED) is 0.886. The third kappa shape index (κ3) is 3.42. The van der Waals surface area contributed by atoms with Crippen LogP contribution in [0.25, 0.3) is 0 Å². The van der Waals surface area contributed by atoms with Crippen LogP contribution in [0.3, 0.4) is 0 Å². The number of nitrogens with one attached hydrogen (secondary N) is 1. The van der Waals surface area contributed by atoms with Crippen LogP contribution in [-0.2, 0) is 10.0 Å². The Morgan fingerprint density at radius 1 is 1.42 bits per heavy atom. The van der Waals surface area contributed by atoms with E-state index in [9.17, 15) is 12.8 Å². The van der Waals surface area contributed by atoms with E-state index in [1.54, 1.807) is 0 Å². The Morgan fingerprint density at radius 2 is 2.11 bits per heavy atom. The molecule has 0 aromatic carbocycles. The smallest absolute Gasteiger partial charge is 0.245 e. The summed E-state index contributed by atoms with van der Waals surface area (Å²) in [5, 5.41) is 3.20. The summed E-state index contributed by atoms with van der Waals surface area (Å²) in [5.74, 6) is -0.646. The Kier molecular flexibility index (Phi) is 5.26. The zero-order valence-corrected chi connectivity index (χ0v) is 12.3. The fourth-order valence-electron chi connectivity index (χ4n) is 1.99. The zero-order chi connectivity index (χ0) is 13.3. The molecule has 19 heavy (non-hydrogen) atoms. The van der Waals surface area contributed by atoms with Gasteiger partial charge < -0.3 is 5.32 Å². The van der Waals surface area contributed by atoms with Gasteiger partial charge >= 0.3 is 0 Å². The molecular formula is C11H17ClFN3O2S. The standard InChI is InChI=1S/C11H16FN3O2S.ClH/c1-8-7-15(9(2)4-14-8)18(16,17)11-3-10(12)5-13-6-11;/h3,5-6,8-9,14H,4,7H2,1-2H3;1H. The van der Waals surface area contributed by atoms with Gasteiger partial charge in [0.1, 0.15) is 10.7 Å². The highest BCUT2D eigenvalue weighted by atomic mass is 35.5. The summed E-state index contributed by atoms with van der Waals surface area (Å²) < 4.78 is 39.2. The van der Waals surface area contributed by atoms with Gasteiger partial charge in [-0.05, 0) is 19.9 Å². The molecular weight excluding hydrogens is 293 g/mol. The summed E-state index contributed by atoms with van der Waals surface area (Å²) in [6, 6.07) is 0.925. The molecule has 1 N–H and O–H groups in total. The van der Waals surface area contributed by atoms with Crippen LogP contribution in [0.2, 0.25) is 0 Å². The van der Waals surface area contributed by atoms with Crippen LogP contribution < -0.4 is 5.32 Å². The van der Waals surface area contributed by atoms with E-state index in [1.807, 2.05) is 13.8 Å². The Labute approximate surface area is 118 Å². The molecule has 2 rings (SSSR count). The minimum atomic E-state index is -3.68. The van der Waals surface area contributed by atoms with E-state index in [1.165, 1.54) is 10.5 Å². The van der Waals surface area contributed by atoms with Gasteiger partial charge in [0.15, 0.2) is 0 Å². The second-order valence-electron chi connectivity index (χ2n) is 4.57.